The quantitative estimate of drug-likeness (QED) is 0.396. The van der Waals surface area contributed by atoms with E-state index in [9.17, 15) is 27.2 Å². The molecule has 4 rings (SSSR count). The van der Waals surface area contributed by atoms with E-state index in [0.717, 1.165) is 28.9 Å². The first-order chi connectivity index (χ1) is 16.8. The summed E-state index contributed by atoms with van der Waals surface area (Å²) in [6, 6.07) is 5.73. The smallest absolute Gasteiger partial charge is 0.420 e. The lowest BCUT2D eigenvalue weighted by molar-refractivity contribution is -0.156. The molecule has 1 aromatic carbocycles. The summed E-state index contributed by atoms with van der Waals surface area (Å²) in [7, 11) is 0. The SMILES string of the molecule is CC(C)(C)OC(=O)CN1CCN(C(=O)c2cn3nc(-c4ccc(F)cc4)cc(C(F)(F)F)c3n2)CC1. The molecule has 3 heterocycles. The number of benzene rings is 1. The molecule has 0 atom stereocenters. The second-order valence-corrected chi connectivity index (χ2v) is 9.50. The Morgan fingerprint density at radius 2 is 1.67 bits per heavy atom. The van der Waals surface area contributed by atoms with Crippen LogP contribution in [0.25, 0.3) is 16.9 Å². The molecule has 1 amide bonds. The molecule has 1 aliphatic rings. The van der Waals surface area contributed by atoms with Crippen LogP contribution in [0.5, 0.6) is 0 Å². The summed E-state index contributed by atoms with van der Waals surface area (Å²) in [6.07, 6.45) is -3.59. The number of carbonyl (C=O) groups excluding carboxylic acids is 2. The van der Waals surface area contributed by atoms with E-state index >= 15 is 0 Å². The Morgan fingerprint density at radius 1 is 1.03 bits per heavy atom. The molecule has 0 unspecified atom stereocenters. The summed E-state index contributed by atoms with van der Waals surface area (Å²) in [5.74, 6) is -1.43. The number of rotatable bonds is 4. The molecule has 1 aliphatic heterocycles. The molecule has 1 saturated heterocycles. The Kier molecular flexibility index (Phi) is 6.74. The van der Waals surface area contributed by atoms with Crippen LogP contribution in [0.1, 0.15) is 36.8 Å². The number of alkyl halides is 3. The molecule has 0 N–H and O–H groups in total. The van der Waals surface area contributed by atoms with Crippen LogP contribution < -0.4 is 0 Å². The van der Waals surface area contributed by atoms with E-state index in [-0.39, 0.29) is 42.6 Å². The van der Waals surface area contributed by atoms with Gasteiger partial charge in [-0.25, -0.2) is 13.9 Å². The summed E-state index contributed by atoms with van der Waals surface area (Å²) in [6.45, 7) is 6.76. The molecule has 2 aromatic heterocycles. The molecule has 3 aromatic rings. The highest BCUT2D eigenvalue weighted by molar-refractivity contribution is 5.93. The number of esters is 1. The fourth-order valence-corrected chi connectivity index (χ4v) is 3.88. The van der Waals surface area contributed by atoms with Gasteiger partial charge in [0, 0.05) is 31.7 Å². The third-order valence-electron chi connectivity index (χ3n) is 5.52. The minimum atomic E-state index is -4.75. The van der Waals surface area contributed by atoms with Gasteiger partial charge in [-0.1, -0.05) is 0 Å². The summed E-state index contributed by atoms with van der Waals surface area (Å²) in [4.78, 5) is 32.3. The van der Waals surface area contributed by atoms with Crippen molar-refractivity contribution >= 4 is 17.5 Å². The normalized spacial score (nSPS) is 15.4. The van der Waals surface area contributed by atoms with Crippen molar-refractivity contribution in [1.29, 1.82) is 0 Å². The van der Waals surface area contributed by atoms with Crippen molar-refractivity contribution in [3.8, 4) is 11.3 Å². The van der Waals surface area contributed by atoms with Crippen LogP contribution in [0.3, 0.4) is 0 Å². The lowest BCUT2D eigenvalue weighted by atomic mass is 10.1. The van der Waals surface area contributed by atoms with Crippen LogP contribution in [0.4, 0.5) is 17.6 Å². The van der Waals surface area contributed by atoms with Gasteiger partial charge in [0.05, 0.1) is 18.4 Å². The van der Waals surface area contributed by atoms with E-state index in [1.54, 1.807) is 20.8 Å². The van der Waals surface area contributed by atoms with Crippen LogP contribution in [-0.4, -0.2) is 74.6 Å². The maximum atomic E-state index is 13.8. The third-order valence-corrected chi connectivity index (χ3v) is 5.52. The Labute approximate surface area is 204 Å². The van der Waals surface area contributed by atoms with Crippen molar-refractivity contribution in [1.82, 2.24) is 24.4 Å². The Morgan fingerprint density at radius 3 is 2.25 bits per heavy atom. The molecular formula is C24H25F4N5O3. The summed E-state index contributed by atoms with van der Waals surface area (Å²) >= 11 is 0. The van der Waals surface area contributed by atoms with E-state index in [4.69, 9.17) is 4.74 Å². The van der Waals surface area contributed by atoms with Gasteiger partial charge in [-0.05, 0) is 51.1 Å². The van der Waals surface area contributed by atoms with Gasteiger partial charge in [-0.2, -0.15) is 18.3 Å². The Balaban J connectivity index is 1.53. The van der Waals surface area contributed by atoms with Gasteiger partial charge in [0.25, 0.3) is 5.91 Å². The maximum absolute atomic E-state index is 13.8. The topological polar surface area (TPSA) is 80.0 Å². The third kappa shape index (κ3) is 5.81. The van der Waals surface area contributed by atoms with Crippen molar-refractivity contribution in [3.05, 3.63) is 53.6 Å². The first-order valence-electron chi connectivity index (χ1n) is 11.3. The van der Waals surface area contributed by atoms with E-state index in [0.29, 0.717) is 13.1 Å². The zero-order valence-corrected chi connectivity index (χ0v) is 20.0. The van der Waals surface area contributed by atoms with Gasteiger partial charge in [-0.3, -0.25) is 14.5 Å². The van der Waals surface area contributed by atoms with Gasteiger partial charge < -0.3 is 9.64 Å². The molecule has 0 aliphatic carbocycles. The number of halogens is 4. The van der Waals surface area contributed by atoms with Gasteiger partial charge in [0.2, 0.25) is 0 Å². The van der Waals surface area contributed by atoms with E-state index in [1.807, 2.05) is 4.90 Å². The maximum Gasteiger partial charge on any atom is 0.420 e. The summed E-state index contributed by atoms with van der Waals surface area (Å²) in [5.41, 5.74) is -2.09. The van der Waals surface area contributed by atoms with Crippen LogP contribution >= 0.6 is 0 Å². The fourth-order valence-electron chi connectivity index (χ4n) is 3.88. The molecule has 0 saturated carbocycles. The molecule has 1 fully saturated rings. The van der Waals surface area contributed by atoms with Crippen molar-refractivity contribution in [2.45, 2.75) is 32.5 Å². The number of ether oxygens (including phenoxy) is 1. The zero-order chi connectivity index (χ0) is 26.3. The summed E-state index contributed by atoms with van der Waals surface area (Å²) < 4.78 is 60.9. The highest BCUT2D eigenvalue weighted by atomic mass is 19.4. The van der Waals surface area contributed by atoms with Crippen LogP contribution in [0, 0.1) is 5.82 Å². The number of imidazole rings is 1. The molecular weight excluding hydrogens is 482 g/mol. The standard InChI is InChI=1S/C24H25F4N5O3/c1-23(2,3)36-20(34)14-31-8-10-32(11-9-31)22(35)19-13-33-21(29-19)17(24(26,27)28)12-18(30-33)15-4-6-16(25)7-5-15/h4-7,12-13H,8-11,14H2,1-3H3. The van der Waals surface area contributed by atoms with Crippen LogP contribution in [0.2, 0.25) is 0 Å². The van der Waals surface area contributed by atoms with Crippen molar-refractivity contribution in [3.63, 3.8) is 0 Å². The largest absolute Gasteiger partial charge is 0.459 e. The number of amides is 1. The number of hydrogen-bond acceptors (Lipinski definition) is 6. The Bertz CT molecular complexity index is 1270. The highest BCUT2D eigenvalue weighted by Crippen LogP contribution is 2.34. The molecule has 192 valence electrons. The van der Waals surface area contributed by atoms with Crippen LogP contribution in [-0.2, 0) is 15.7 Å². The van der Waals surface area contributed by atoms with E-state index in [2.05, 4.69) is 10.1 Å². The highest BCUT2D eigenvalue weighted by Gasteiger charge is 2.36. The lowest BCUT2D eigenvalue weighted by Gasteiger charge is -2.34. The minimum absolute atomic E-state index is 0.0398. The predicted molar refractivity (Wildman–Crippen MR) is 122 cm³/mol. The predicted octanol–water partition coefficient (Wildman–Crippen LogP) is 3.65. The average molecular weight is 507 g/mol. The van der Waals surface area contributed by atoms with Crippen molar-refractivity contribution in [2.24, 2.45) is 0 Å². The molecule has 0 radical (unpaired) electrons. The number of carbonyl (C=O) groups is 2. The van der Waals surface area contributed by atoms with Gasteiger partial charge in [0.15, 0.2) is 5.65 Å². The molecule has 0 bridgehead atoms. The average Bonchev–Trinajstić information content (AvgIpc) is 3.21. The second-order valence-electron chi connectivity index (χ2n) is 9.50. The van der Waals surface area contributed by atoms with Crippen molar-refractivity contribution in [2.75, 3.05) is 32.7 Å². The fraction of sp³-hybridized carbons (Fsp3) is 0.417. The second kappa shape index (κ2) is 9.49. The zero-order valence-electron chi connectivity index (χ0n) is 20.0. The van der Waals surface area contributed by atoms with Crippen molar-refractivity contribution < 1.29 is 31.9 Å². The number of hydrogen-bond donors (Lipinski definition) is 0. The van der Waals surface area contributed by atoms with Gasteiger partial charge in [0.1, 0.15) is 22.7 Å². The number of nitrogens with zero attached hydrogens (tertiary/aromatic N) is 5. The first-order valence-corrected chi connectivity index (χ1v) is 11.3. The first kappa shape index (κ1) is 25.5. The summed E-state index contributed by atoms with van der Waals surface area (Å²) in [5, 5.41) is 4.17. The number of aromatic nitrogens is 3. The molecule has 0 spiro atoms. The minimum Gasteiger partial charge on any atom is -0.459 e. The number of fused-ring (bicyclic) bond motifs is 1. The Hall–Kier alpha value is -3.54. The number of piperazine rings is 1. The lowest BCUT2D eigenvalue weighted by Crippen LogP contribution is -2.50. The van der Waals surface area contributed by atoms with E-state index < -0.39 is 34.7 Å². The van der Waals surface area contributed by atoms with Gasteiger partial charge in [-0.15, -0.1) is 0 Å². The van der Waals surface area contributed by atoms with Crippen LogP contribution in [0.15, 0.2) is 36.5 Å². The molecule has 12 heteroatoms. The van der Waals surface area contributed by atoms with Gasteiger partial charge >= 0.3 is 12.1 Å². The molecule has 36 heavy (non-hydrogen) atoms. The monoisotopic (exact) mass is 507 g/mol. The van der Waals surface area contributed by atoms with E-state index in [1.165, 1.54) is 17.0 Å². The molecule has 8 nitrogen and oxygen atoms in total.